The Morgan fingerprint density at radius 1 is 0.333 bits per heavy atom. The van der Waals surface area contributed by atoms with Crippen molar-refractivity contribution in [2.45, 2.75) is 127 Å². The van der Waals surface area contributed by atoms with Gasteiger partial charge in [0.05, 0.1) is 0 Å². The lowest BCUT2D eigenvalue weighted by atomic mass is 10.0. The highest BCUT2D eigenvalue weighted by Gasteiger charge is 2.17. The first kappa shape index (κ1) is 17.8. The molecule has 2 fully saturated rings. The molecule has 0 nitrogen and oxygen atoms in total. The summed E-state index contributed by atoms with van der Waals surface area (Å²) in [4.78, 5) is 0. The molecule has 1 heteroatoms. The van der Waals surface area contributed by atoms with Crippen LogP contribution in [0.25, 0.3) is 0 Å². The molecule has 0 aromatic rings. The van der Waals surface area contributed by atoms with Crippen LogP contribution in [0, 0.1) is 0 Å². The molecule has 0 saturated heterocycles. The predicted octanol–water partition coefficient (Wildman–Crippen LogP) is 7.45. The zero-order chi connectivity index (χ0) is 14.6. The molecule has 0 atom stereocenters. The van der Waals surface area contributed by atoms with Crippen LogP contribution in [0.4, 0.5) is 0 Å². The van der Waals surface area contributed by atoms with E-state index in [0.717, 1.165) is 11.3 Å². The van der Waals surface area contributed by atoms with E-state index in [9.17, 15) is 0 Å². The molecule has 0 N–H and O–H groups in total. The Morgan fingerprint density at radius 3 is 0.857 bits per heavy atom. The molecular formula is C20H39P. The van der Waals surface area contributed by atoms with Crippen molar-refractivity contribution >= 4 is 8.58 Å². The summed E-state index contributed by atoms with van der Waals surface area (Å²) in [5.41, 5.74) is 2.21. The number of hydrogen-bond donors (Lipinski definition) is 0. The molecule has 0 aromatic heterocycles. The Bertz CT molecular complexity index is 194. The standard InChI is InChI=1S/C20H39P/c1-3-7-11-15-19(16-12-8-4-1)21-20-17-13-9-5-2-6-10-14-18-20/h19-21H,1-18H2. The van der Waals surface area contributed by atoms with Gasteiger partial charge in [0.15, 0.2) is 0 Å². The van der Waals surface area contributed by atoms with Gasteiger partial charge in [-0.05, 0) is 37.0 Å². The minimum atomic E-state index is 1.11. The van der Waals surface area contributed by atoms with Crippen molar-refractivity contribution in [2.75, 3.05) is 0 Å². The summed E-state index contributed by atoms with van der Waals surface area (Å²) in [5.74, 6) is 0. The molecule has 0 spiro atoms. The molecule has 0 bridgehead atoms. The van der Waals surface area contributed by atoms with Gasteiger partial charge in [-0.15, -0.1) is 8.58 Å². The van der Waals surface area contributed by atoms with Crippen LogP contribution in [-0.2, 0) is 0 Å². The van der Waals surface area contributed by atoms with Crippen LogP contribution in [0.1, 0.15) is 116 Å². The van der Waals surface area contributed by atoms with Crippen molar-refractivity contribution in [3.8, 4) is 0 Å². The molecule has 0 radical (unpaired) electrons. The second-order valence-corrected chi connectivity index (χ2v) is 9.63. The minimum absolute atomic E-state index is 1.11. The first-order valence-electron chi connectivity index (χ1n) is 10.2. The van der Waals surface area contributed by atoms with E-state index in [-0.39, 0.29) is 0 Å². The maximum atomic E-state index is 1.56. The molecule has 2 aliphatic carbocycles. The van der Waals surface area contributed by atoms with E-state index in [4.69, 9.17) is 0 Å². The summed E-state index contributed by atoms with van der Waals surface area (Å²) in [6.45, 7) is 0. The molecule has 2 rings (SSSR count). The summed E-state index contributed by atoms with van der Waals surface area (Å²) < 4.78 is 0. The Balaban J connectivity index is 1.74. The smallest absolute Gasteiger partial charge is 0.0234 e. The summed E-state index contributed by atoms with van der Waals surface area (Å²) in [7, 11) is 1.30. The van der Waals surface area contributed by atoms with Gasteiger partial charge < -0.3 is 0 Å². The topological polar surface area (TPSA) is 0 Å². The lowest BCUT2D eigenvalue weighted by Gasteiger charge is -2.25. The van der Waals surface area contributed by atoms with Crippen LogP contribution in [0.2, 0.25) is 0 Å². The van der Waals surface area contributed by atoms with Gasteiger partial charge in [0.2, 0.25) is 0 Å². The fraction of sp³-hybridized carbons (Fsp3) is 1.00. The van der Waals surface area contributed by atoms with E-state index >= 15 is 0 Å². The van der Waals surface area contributed by atoms with E-state index in [1.54, 1.807) is 25.7 Å². The highest BCUT2D eigenvalue weighted by atomic mass is 31.1. The zero-order valence-corrected chi connectivity index (χ0v) is 15.4. The van der Waals surface area contributed by atoms with E-state index in [1.165, 1.54) is 98.5 Å². The van der Waals surface area contributed by atoms with Crippen LogP contribution in [0.3, 0.4) is 0 Å². The van der Waals surface area contributed by atoms with Crippen molar-refractivity contribution in [2.24, 2.45) is 0 Å². The van der Waals surface area contributed by atoms with Crippen LogP contribution in [0.5, 0.6) is 0 Å². The molecule has 124 valence electrons. The van der Waals surface area contributed by atoms with Crippen molar-refractivity contribution < 1.29 is 0 Å². The number of hydrogen-bond acceptors (Lipinski definition) is 0. The summed E-state index contributed by atoms with van der Waals surface area (Å²) in [6.07, 6.45) is 27.5. The quantitative estimate of drug-likeness (QED) is 0.464. The molecule has 2 saturated carbocycles. The average molecular weight is 311 g/mol. The third-order valence-corrected chi connectivity index (χ3v) is 7.78. The first-order valence-corrected chi connectivity index (χ1v) is 11.4. The SMILES string of the molecule is C1CCCCC(PC2CCCCCCCCC2)CCCC1. The van der Waals surface area contributed by atoms with E-state index in [1.807, 2.05) is 0 Å². The van der Waals surface area contributed by atoms with Gasteiger partial charge in [-0.1, -0.05) is 89.9 Å². The zero-order valence-electron chi connectivity index (χ0n) is 14.4. The molecule has 21 heavy (non-hydrogen) atoms. The van der Waals surface area contributed by atoms with Gasteiger partial charge in [0.25, 0.3) is 0 Å². The van der Waals surface area contributed by atoms with E-state index in [2.05, 4.69) is 0 Å². The number of rotatable bonds is 2. The van der Waals surface area contributed by atoms with Gasteiger partial charge in [-0.3, -0.25) is 0 Å². The second-order valence-electron chi connectivity index (χ2n) is 7.66. The van der Waals surface area contributed by atoms with Crippen molar-refractivity contribution in [1.29, 1.82) is 0 Å². The molecule has 2 aliphatic rings. The molecular weight excluding hydrogens is 271 g/mol. The third-order valence-electron chi connectivity index (χ3n) is 5.68. The van der Waals surface area contributed by atoms with Gasteiger partial charge in [0.1, 0.15) is 0 Å². The fourth-order valence-electron chi connectivity index (χ4n) is 4.29. The second kappa shape index (κ2) is 11.9. The monoisotopic (exact) mass is 310 g/mol. The predicted molar refractivity (Wildman–Crippen MR) is 99.0 cm³/mol. The highest BCUT2D eigenvalue weighted by Crippen LogP contribution is 2.39. The summed E-state index contributed by atoms with van der Waals surface area (Å²) in [5, 5.41) is 0. The molecule has 0 aliphatic heterocycles. The Morgan fingerprint density at radius 2 is 0.571 bits per heavy atom. The van der Waals surface area contributed by atoms with E-state index in [0.29, 0.717) is 0 Å². The molecule has 0 amide bonds. The van der Waals surface area contributed by atoms with Gasteiger partial charge in [-0.25, -0.2) is 0 Å². The van der Waals surface area contributed by atoms with Crippen molar-refractivity contribution in [1.82, 2.24) is 0 Å². The van der Waals surface area contributed by atoms with Crippen molar-refractivity contribution in [3.63, 3.8) is 0 Å². The van der Waals surface area contributed by atoms with Crippen molar-refractivity contribution in [3.05, 3.63) is 0 Å². The van der Waals surface area contributed by atoms with E-state index < -0.39 is 0 Å². The Labute approximate surface area is 136 Å². The largest absolute Gasteiger partial charge is 0.116 e. The van der Waals surface area contributed by atoms with Gasteiger partial charge in [0, 0.05) is 0 Å². The summed E-state index contributed by atoms with van der Waals surface area (Å²) in [6, 6.07) is 0. The lowest BCUT2D eigenvalue weighted by molar-refractivity contribution is 0.495. The molecule has 0 aromatic carbocycles. The maximum absolute atomic E-state index is 1.56. The normalized spacial score (nSPS) is 26.3. The average Bonchev–Trinajstić information content (AvgIpc) is 2.52. The molecule has 0 unspecified atom stereocenters. The Hall–Kier alpha value is 0.430. The first-order chi connectivity index (χ1) is 10.4. The van der Waals surface area contributed by atoms with Crippen LogP contribution in [-0.4, -0.2) is 11.3 Å². The summed E-state index contributed by atoms with van der Waals surface area (Å²) >= 11 is 0. The maximum Gasteiger partial charge on any atom is -0.0234 e. The van der Waals surface area contributed by atoms with Crippen LogP contribution in [0.15, 0.2) is 0 Å². The van der Waals surface area contributed by atoms with Gasteiger partial charge in [-0.2, -0.15) is 0 Å². The van der Waals surface area contributed by atoms with Crippen LogP contribution >= 0.6 is 8.58 Å². The molecule has 0 heterocycles. The fourth-order valence-corrected chi connectivity index (χ4v) is 6.44. The lowest BCUT2D eigenvalue weighted by Crippen LogP contribution is -2.11. The van der Waals surface area contributed by atoms with Gasteiger partial charge >= 0.3 is 0 Å². The Kier molecular flexibility index (Phi) is 10.1. The van der Waals surface area contributed by atoms with Crippen LogP contribution < -0.4 is 0 Å². The third kappa shape index (κ3) is 8.59. The minimum Gasteiger partial charge on any atom is -0.116 e. The highest BCUT2D eigenvalue weighted by molar-refractivity contribution is 7.39.